The Kier molecular flexibility index (Phi) is 5.81. The summed E-state index contributed by atoms with van der Waals surface area (Å²) in [6.45, 7) is 10.0. The summed E-state index contributed by atoms with van der Waals surface area (Å²) in [6, 6.07) is 0. The standard InChI is InChI=1S/C11H20N2O.C2H6/c1-2-9-3-5-13(6-4-9)11(14)10-7-12-8-10;1-2/h9-10,12H,2-8H2,1H3;1-2H3. The summed E-state index contributed by atoms with van der Waals surface area (Å²) in [5.41, 5.74) is 0. The Hall–Kier alpha value is -0.570. The number of likely N-dealkylation sites (tertiary alicyclic amines) is 1. The van der Waals surface area contributed by atoms with Crippen molar-refractivity contribution >= 4 is 5.91 Å². The van der Waals surface area contributed by atoms with Gasteiger partial charge in [0.25, 0.3) is 0 Å². The van der Waals surface area contributed by atoms with E-state index in [0.29, 0.717) is 5.91 Å². The van der Waals surface area contributed by atoms with Crippen LogP contribution in [0.4, 0.5) is 0 Å². The number of hydrogen-bond acceptors (Lipinski definition) is 2. The zero-order valence-corrected chi connectivity index (χ0v) is 11.0. The molecule has 0 radical (unpaired) electrons. The first-order chi connectivity index (χ1) is 7.81. The molecule has 0 aromatic rings. The number of rotatable bonds is 2. The van der Waals surface area contributed by atoms with Gasteiger partial charge >= 0.3 is 0 Å². The Balaban J connectivity index is 0.000000606. The fourth-order valence-corrected chi connectivity index (χ4v) is 2.28. The van der Waals surface area contributed by atoms with Crippen LogP contribution in [0, 0.1) is 11.8 Å². The van der Waals surface area contributed by atoms with Crippen molar-refractivity contribution in [3.05, 3.63) is 0 Å². The third-order valence-electron chi connectivity index (χ3n) is 3.63. The van der Waals surface area contributed by atoms with Crippen molar-refractivity contribution in [3.63, 3.8) is 0 Å². The smallest absolute Gasteiger partial charge is 0.228 e. The molecule has 1 N–H and O–H groups in total. The van der Waals surface area contributed by atoms with Crippen LogP contribution in [0.2, 0.25) is 0 Å². The highest BCUT2D eigenvalue weighted by Crippen LogP contribution is 2.21. The normalized spacial score (nSPS) is 22.1. The highest BCUT2D eigenvalue weighted by molar-refractivity contribution is 5.80. The molecule has 3 nitrogen and oxygen atoms in total. The molecule has 0 saturated carbocycles. The van der Waals surface area contributed by atoms with Crippen molar-refractivity contribution in [1.29, 1.82) is 0 Å². The molecule has 16 heavy (non-hydrogen) atoms. The van der Waals surface area contributed by atoms with Crippen LogP contribution in [0.3, 0.4) is 0 Å². The van der Waals surface area contributed by atoms with Crippen LogP contribution in [0.1, 0.15) is 40.0 Å². The largest absolute Gasteiger partial charge is 0.342 e. The molecule has 3 heteroatoms. The van der Waals surface area contributed by atoms with Crippen molar-refractivity contribution < 1.29 is 4.79 Å². The lowest BCUT2D eigenvalue weighted by molar-refractivity contribution is -0.138. The summed E-state index contributed by atoms with van der Waals surface area (Å²) in [6.07, 6.45) is 3.69. The van der Waals surface area contributed by atoms with Gasteiger partial charge in [-0.05, 0) is 18.8 Å². The van der Waals surface area contributed by atoms with Gasteiger partial charge < -0.3 is 10.2 Å². The van der Waals surface area contributed by atoms with E-state index < -0.39 is 0 Å². The van der Waals surface area contributed by atoms with Crippen molar-refractivity contribution in [2.24, 2.45) is 11.8 Å². The van der Waals surface area contributed by atoms with E-state index in [1.54, 1.807) is 0 Å². The predicted molar refractivity (Wildman–Crippen MR) is 67.3 cm³/mol. The van der Waals surface area contributed by atoms with Crippen LogP contribution >= 0.6 is 0 Å². The Morgan fingerprint density at radius 2 is 1.81 bits per heavy atom. The summed E-state index contributed by atoms with van der Waals surface area (Å²) in [5, 5.41) is 3.15. The second kappa shape index (κ2) is 6.89. The topological polar surface area (TPSA) is 32.3 Å². The van der Waals surface area contributed by atoms with Gasteiger partial charge in [0.05, 0.1) is 5.92 Å². The monoisotopic (exact) mass is 226 g/mol. The summed E-state index contributed by atoms with van der Waals surface area (Å²) in [5.74, 6) is 1.53. The molecule has 0 aromatic carbocycles. The van der Waals surface area contributed by atoms with Gasteiger partial charge in [0.15, 0.2) is 0 Å². The highest BCUT2D eigenvalue weighted by Gasteiger charge is 2.30. The summed E-state index contributed by atoms with van der Waals surface area (Å²) in [4.78, 5) is 13.9. The second-order valence-electron chi connectivity index (χ2n) is 4.53. The Labute approximate surface area is 99.6 Å². The lowest BCUT2D eigenvalue weighted by atomic mass is 9.92. The van der Waals surface area contributed by atoms with Crippen LogP contribution < -0.4 is 5.32 Å². The molecule has 0 atom stereocenters. The molecule has 0 bridgehead atoms. The van der Waals surface area contributed by atoms with Crippen LogP contribution in [-0.2, 0) is 4.79 Å². The lowest BCUT2D eigenvalue weighted by Crippen LogP contribution is -2.53. The van der Waals surface area contributed by atoms with E-state index in [2.05, 4.69) is 17.1 Å². The minimum atomic E-state index is 0.285. The molecule has 0 spiro atoms. The fraction of sp³-hybridized carbons (Fsp3) is 0.923. The molecular formula is C13H26N2O. The number of nitrogens with zero attached hydrogens (tertiary/aromatic N) is 1. The van der Waals surface area contributed by atoms with E-state index in [4.69, 9.17) is 0 Å². The van der Waals surface area contributed by atoms with Crippen molar-refractivity contribution in [1.82, 2.24) is 10.2 Å². The second-order valence-corrected chi connectivity index (χ2v) is 4.53. The van der Waals surface area contributed by atoms with Gasteiger partial charge in [-0.25, -0.2) is 0 Å². The number of amides is 1. The third-order valence-corrected chi connectivity index (χ3v) is 3.63. The maximum Gasteiger partial charge on any atom is 0.228 e. The molecule has 1 amide bonds. The van der Waals surface area contributed by atoms with Gasteiger partial charge in [0.2, 0.25) is 5.91 Å². The average Bonchev–Trinajstić information content (AvgIpc) is 2.29. The maximum absolute atomic E-state index is 11.9. The molecular weight excluding hydrogens is 200 g/mol. The van der Waals surface area contributed by atoms with E-state index in [-0.39, 0.29) is 5.92 Å². The minimum Gasteiger partial charge on any atom is -0.342 e. The maximum atomic E-state index is 11.9. The molecule has 2 aliphatic heterocycles. The molecule has 94 valence electrons. The molecule has 0 aromatic heterocycles. The first kappa shape index (κ1) is 13.5. The fourth-order valence-electron chi connectivity index (χ4n) is 2.28. The average molecular weight is 226 g/mol. The van der Waals surface area contributed by atoms with Gasteiger partial charge in [0, 0.05) is 26.2 Å². The zero-order chi connectivity index (χ0) is 12.0. The van der Waals surface area contributed by atoms with Gasteiger partial charge in [-0.3, -0.25) is 4.79 Å². The van der Waals surface area contributed by atoms with Crippen LogP contribution in [0.5, 0.6) is 0 Å². The number of nitrogens with one attached hydrogen (secondary N) is 1. The van der Waals surface area contributed by atoms with Gasteiger partial charge in [-0.15, -0.1) is 0 Å². The molecule has 0 unspecified atom stereocenters. The summed E-state index contributed by atoms with van der Waals surface area (Å²) < 4.78 is 0. The predicted octanol–water partition coefficient (Wildman–Crippen LogP) is 1.88. The van der Waals surface area contributed by atoms with Crippen LogP contribution in [0.25, 0.3) is 0 Å². The number of carbonyl (C=O) groups is 1. The van der Waals surface area contributed by atoms with Crippen LogP contribution in [0.15, 0.2) is 0 Å². The Morgan fingerprint density at radius 3 is 2.19 bits per heavy atom. The first-order valence-electron chi connectivity index (χ1n) is 6.80. The SMILES string of the molecule is CC.CCC1CCN(C(=O)C2CNC2)CC1. The van der Waals surface area contributed by atoms with Crippen LogP contribution in [-0.4, -0.2) is 37.0 Å². The van der Waals surface area contributed by atoms with E-state index >= 15 is 0 Å². The van der Waals surface area contributed by atoms with Crippen molar-refractivity contribution in [2.75, 3.05) is 26.2 Å². The molecule has 2 heterocycles. The number of carbonyl (C=O) groups excluding carboxylic acids is 1. The molecule has 2 saturated heterocycles. The number of piperidine rings is 1. The first-order valence-corrected chi connectivity index (χ1v) is 6.80. The van der Waals surface area contributed by atoms with Crippen molar-refractivity contribution in [2.45, 2.75) is 40.0 Å². The molecule has 2 rings (SSSR count). The van der Waals surface area contributed by atoms with E-state index in [9.17, 15) is 4.79 Å². The Morgan fingerprint density at radius 1 is 1.25 bits per heavy atom. The molecule has 2 fully saturated rings. The van der Waals surface area contributed by atoms with E-state index in [1.165, 1.54) is 19.3 Å². The van der Waals surface area contributed by atoms with Gasteiger partial charge in [-0.2, -0.15) is 0 Å². The quantitative estimate of drug-likeness (QED) is 0.780. The van der Waals surface area contributed by atoms with Gasteiger partial charge in [0.1, 0.15) is 0 Å². The van der Waals surface area contributed by atoms with Crippen molar-refractivity contribution in [3.8, 4) is 0 Å². The molecule has 0 aliphatic carbocycles. The van der Waals surface area contributed by atoms with Gasteiger partial charge in [-0.1, -0.05) is 27.2 Å². The molecule has 2 aliphatic rings. The highest BCUT2D eigenvalue weighted by atomic mass is 16.2. The number of hydrogen-bond donors (Lipinski definition) is 1. The Bertz CT molecular complexity index is 206. The zero-order valence-electron chi connectivity index (χ0n) is 11.0. The summed E-state index contributed by atoms with van der Waals surface area (Å²) >= 11 is 0. The van der Waals surface area contributed by atoms with E-state index in [1.807, 2.05) is 13.8 Å². The third kappa shape index (κ3) is 3.21. The van der Waals surface area contributed by atoms with E-state index in [0.717, 1.165) is 32.1 Å². The lowest BCUT2D eigenvalue weighted by Gasteiger charge is -2.36. The summed E-state index contributed by atoms with van der Waals surface area (Å²) in [7, 11) is 0. The minimum absolute atomic E-state index is 0.285.